The van der Waals surface area contributed by atoms with Gasteiger partial charge in [0.15, 0.2) is 12.5 Å². The van der Waals surface area contributed by atoms with E-state index in [-0.39, 0.29) is 5.82 Å². The molecule has 0 bridgehead atoms. The van der Waals surface area contributed by atoms with Crippen LogP contribution in [0.4, 0.5) is 4.39 Å². The highest BCUT2D eigenvalue weighted by Crippen LogP contribution is 2.22. The van der Waals surface area contributed by atoms with Crippen LogP contribution in [-0.2, 0) is 19.8 Å². The number of nitrogens with zero attached hydrogens (tertiary/aromatic N) is 3. The van der Waals surface area contributed by atoms with Crippen LogP contribution in [0.15, 0.2) is 48.5 Å². The van der Waals surface area contributed by atoms with Crippen LogP contribution in [0.1, 0.15) is 19.4 Å². The van der Waals surface area contributed by atoms with E-state index in [0.717, 1.165) is 35.8 Å². The van der Waals surface area contributed by atoms with Crippen LogP contribution in [0.2, 0.25) is 0 Å². The SMILES string of the molecule is COc1ccc(-c2nn(C[NH+](C)Cc3ccc(F)cc3)c(=S)n2CC(C)C)cc1. The van der Waals surface area contributed by atoms with E-state index in [2.05, 4.69) is 25.5 Å². The number of methoxy groups -OCH3 is 1. The number of quaternary nitrogens is 1. The summed E-state index contributed by atoms with van der Waals surface area (Å²) in [6.07, 6.45) is 0. The van der Waals surface area contributed by atoms with E-state index < -0.39 is 0 Å². The summed E-state index contributed by atoms with van der Waals surface area (Å²) in [6.45, 7) is 6.53. The Morgan fingerprint density at radius 2 is 1.76 bits per heavy atom. The van der Waals surface area contributed by atoms with Crippen LogP contribution in [0.5, 0.6) is 5.75 Å². The molecule has 154 valence electrons. The number of ether oxygens (including phenoxy) is 1. The Labute approximate surface area is 176 Å². The average Bonchev–Trinajstić information content (AvgIpc) is 2.99. The molecule has 1 heterocycles. The molecule has 1 atom stereocenters. The van der Waals surface area contributed by atoms with Crippen molar-refractivity contribution in [2.24, 2.45) is 5.92 Å². The molecule has 0 amide bonds. The molecule has 3 aromatic rings. The van der Waals surface area contributed by atoms with Gasteiger partial charge in [-0.1, -0.05) is 26.0 Å². The van der Waals surface area contributed by atoms with Gasteiger partial charge in [-0.25, -0.2) is 4.39 Å². The van der Waals surface area contributed by atoms with E-state index >= 15 is 0 Å². The van der Waals surface area contributed by atoms with Gasteiger partial charge < -0.3 is 9.64 Å². The highest BCUT2D eigenvalue weighted by molar-refractivity contribution is 7.71. The fourth-order valence-electron chi connectivity index (χ4n) is 3.29. The van der Waals surface area contributed by atoms with Crippen molar-refractivity contribution in [1.29, 1.82) is 0 Å². The molecule has 2 aromatic carbocycles. The second-order valence-electron chi connectivity index (χ2n) is 7.76. The Balaban J connectivity index is 1.87. The fourth-order valence-corrected chi connectivity index (χ4v) is 3.56. The molecular weight excluding hydrogens is 387 g/mol. The number of hydrogen-bond donors (Lipinski definition) is 1. The third-order valence-corrected chi connectivity index (χ3v) is 5.09. The lowest BCUT2D eigenvalue weighted by Crippen LogP contribution is -3.07. The zero-order valence-electron chi connectivity index (χ0n) is 17.4. The van der Waals surface area contributed by atoms with Gasteiger partial charge in [-0.15, -0.1) is 5.10 Å². The average molecular weight is 416 g/mol. The summed E-state index contributed by atoms with van der Waals surface area (Å²) in [7, 11) is 3.74. The highest BCUT2D eigenvalue weighted by atomic mass is 32.1. The number of hydrogen-bond acceptors (Lipinski definition) is 3. The molecule has 1 unspecified atom stereocenters. The summed E-state index contributed by atoms with van der Waals surface area (Å²) >= 11 is 5.76. The zero-order chi connectivity index (χ0) is 21.0. The Morgan fingerprint density at radius 3 is 2.34 bits per heavy atom. The van der Waals surface area contributed by atoms with Crippen molar-refractivity contribution in [3.05, 3.63) is 64.7 Å². The molecule has 0 aliphatic heterocycles. The van der Waals surface area contributed by atoms with Gasteiger partial charge in [-0.2, -0.15) is 4.68 Å². The quantitative estimate of drug-likeness (QED) is 0.572. The third kappa shape index (κ3) is 5.31. The molecule has 5 nitrogen and oxygen atoms in total. The minimum absolute atomic E-state index is 0.217. The van der Waals surface area contributed by atoms with Crippen molar-refractivity contribution in [1.82, 2.24) is 14.3 Å². The van der Waals surface area contributed by atoms with Gasteiger partial charge in [-0.05, 0) is 54.5 Å². The molecule has 3 rings (SSSR count). The van der Waals surface area contributed by atoms with Crippen LogP contribution in [0, 0.1) is 16.5 Å². The molecule has 1 N–H and O–H groups in total. The second kappa shape index (κ2) is 9.33. The van der Waals surface area contributed by atoms with E-state index in [1.54, 1.807) is 7.11 Å². The van der Waals surface area contributed by atoms with Crippen molar-refractivity contribution in [3.63, 3.8) is 0 Å². The number of benzene rings is 2. The van der Waals surface area contributed by atoms with Crippen molar-refractivity contribution in [3.8, 4) is 17.1 Å². The maximum atomic E-state index is 13.1. The van der Waals surface area contributed by atoms with Crippen molar-refractivity contribution < 1.29 is 14.0 Å². The van der Waals surface area contributed by atoms with Gasteiger partial charge >= 0.3 is 0 Å². The van der Waals surface area contributed by atoms with Crippen LogP contribution in [-0.4, -0.2) is 28.5 Å². The number of aromatic nitrogens is 3. The molecule has 0 spiro atoms. The molecule has 29 heavy (non-hydrogen) atoms. The Morgan fingerprint density at radius 1 is 1.10 bits per heavy atom. The van der Waals surface area contributed by atoms with Crippen LogP contribution in [0.3, 0.4) is 0 Å². The van der Waals surface area contributed by atoms with Crippen LogP contribution in [0.25, 0.3) is 11.4 Å². The van der Waals surface area contributed by atoms with Gasteiger partial charge in [0.1, 0.15) is 18.1 Å². The normalized spacial score (nSPS) is 12.3. The van der Waals surface area contributed by atoms with Crippen molar-refractivity contribution >= 4 is 12.2 Å². The molecular formula is C22H28FN4OS+. The first-order valence-corrected chi connectivity index (χ1v) is 10.2. The maximum Gasteiger partial charge on any atom is 0.203 e. The van der Waals surface area contributed by atoms with E-state index in [1.807, 2.05) is 41.1 Å². The number of halogens is 1. The summed E-state index contributed by atoms with van der Waals surface area (Å²) in [4.78, 5) is 1.21. The van der Waals surface area contributed by atoms with Gasteiger partial charge in [0.2, 0.25) is 4.77 Å². The topological polar surface area (TPSA) is 36.4 Å². The molecule has 0 fully saturated rings. The summed E-state index contributed by atoms with van der Waals surface area (Å²) < 4.78 is 23.1. The van der Waals surface area contributed by atoms with Gasteiger partial charge in [-0.3, -0.25) is 4.57 Å². The maximum absolute atomic E-state index is 13.1. The van der Waals surface area contributed by atoms with Crippen molar-refractivity contribution in [2.75, 3.05) is 14.2 Å². The van der Waals surface area contributed by atoms with Gasteiger partial charge in [0.25, 0.3) is 0 Å². The van der Waals surface area contributed by atoms with Gasteiger partial charge in [0.05, 0.1) is 14.2 Å². The lowest BCUT2D eigenvalue weighted by Gasteiger charge is -2.14. The van der Waals surface area contributed by atoms with E-state index in [9.17, 15) is 4.39 Å². The minimum Gasteiger partial charge on any atom is -0.497 e. The van der Waals surface area contributed by atoms with Gasteiger partial charge in [0, 0.05) is 17.7 Å². The molecule has 7 heteroatoms. The minimum atomic E-state index is -0.217. The van der Waals surface area contributed by atoms with E-state index in [0.29, 0.717) is 17.4 Å². The smallest absolute Gasteiger partial charge is 0.203 e. The monoisotopic (exact) mass is 415 g/mol. The predicted molar refractivity (Wildman–Crippen MR) is 115 cm³/mol. The highest BCUT2D eigenvalue weighted by Gasteiger charge is 2.16. The summed E-state index contributed by atoms with van der Waals surface area (Å²) in [5.41, 5.74) is 2.08. The lowest BCUT2D eigenvalue weighted by molar-refractivity contribution is -0.917. The zero-order valence-corrected chi connectivity index (χ0v) is 18.2. The second-order valence-corrected chi connectivity index (χ2v) is 8.12. The molecule has 0 saturated heterocycles. The third-order valence-electron chi connectivity index (χ3n) is 4.66. The lowest BCUT2D eigenvalue weighted by atomic mass is 10.2. The van der Waals surface area contributed by atoms with Crippen LogP contribution >= 0.6 is 12.2 Å². The predicted octanol–water partition coefficient (Wildman–Crippen LogP) is 3.56. The Hall–Kier alpha value is -2.51. The van der Waals surface area contributed by atoms with Crippen LogP contribution < -0.4 is 9.64 Å². The molecule has 0 radical (unpaired) electrons. The summed E-state index contributed by atoms with van der Waals surface area (Å²) in [5.74, 6) is 1.90. The fraction of sp³-hybridized carbons (Fsp3) is 0.364. The van der Waals surface area contributed by atoms with E-state index in [4.69, 9.17) is 22.1 Å². The first kappa shape index (κ1) is 21.2. The molecule has 0 aliphatic rings. The first-order valence-electron chi connectivity index (χ1n) is 9.75. The Kier molecular flexibility index (Phi) is 6.82. The largest absolute Gasteiger partial charge is 0.497 e. The molecule has 0 aliphatic carbocycles. The Bertz CT molecular complexity index is 993. The van der Waals surface area contributed by atoms with E-state index in [1.165, 1.54) is 17.0 Å². The van der Waals surface area contributed by atoms with Crippen molar-refractivity contribution in [2.45, 2.75) is 33.6 Å². The number of nitrogens with one attached hydrogen (secondary N) is 1. The first-order chi connectivity index (χ1) is 13.9. The molecule has 0 saturated carbocycles. The number of rotatable bonds is 8. The summed E-state index contributed by atoms with van der Waals surface area (Å²) in [6, 6.07) is 14.5. The standard InChI is InChI=1S/C22H27FN4OS/c1-16(2)13-26-21(18-7-11-20(28-4)12-8-18)24-27(22(26)29)15-25(3)14-17-5-9-19(23)10-6-17/h5-12,16H,13-15H2,1-4H3/p+1. The molecule has 1 aromatic heterocycles. The summed E-state index contributed by atoms with van der Waals surface area (Å²) in [5, 5.41) is 4.84.